The molecule has 168 valence electrons. The number of nitrogens with one attached hydrogen (secondary N) is 2. The van der Waals surface area contributed by atoms with Crippen LogP contribution in [0.5, 0.6) is 0 Å². The maximum atomic E-state index is 13.0. The summed E-state index contributed by atoms with van der Waals surface area (Å²) in [6.45, 7) is 2.77. The first kappa shape index (κ1) is 22.7. The molecule has 2 aromatic carbocycles. The van der Waals surface area contributed by atoms with Gasteiger partial charge >= 0.3 is 0 Å². The number of amides is 1. The zero-order valence-electron chi connectivity index (χ0n) is 17.4. The highest BCUT2D eigenvalue weighted by molar-refractivity contribution is 7.91. The smallest absolute Gasteiger partial charge is 0.250 e. The first-order chi connectivity index (χ1) is 15.2. The molecule has 0 aliphatic carbocycles. The average Bonchev–Trinajstić information content (AvgIpc) is 3.27. The van der Waals surface area contributed by atoms with Crippen molar-refractivity contribution in [1.29, 1.82) is 5.41 Å². The molecule has 1 fully saturated rings. The summed E-state index contributed by atoms with van der Waals surface area (Å²) in [5, 5.41) is 8.93. The fraction of sp³-hybridized carbons (Fsp3) is 0.273. The molecular formula is C22H23ClN4O3S2. The molecule has 1 amide bonds. The number of carbonyl (C=O) groups excluding carboxylic acids is 1. The van der Waals surface area contributed by atoms with E-state index in [-0.39, 0.29) is 22.5 Å². The van der Waals surface area contributed by atoms with Gasteiger partial charge in [-0.2, -0.15) is 0 Å². The standard InChI is InChI=1S/C22H23ClN4O3S2/c1-13-18-10-17(23)5-6-19(18)31-22(13)32(29,30)26-11-16-7-8-27(21(16)28)12-14-3-2-4-15(9-14)20(24)25/h2-6,9-10,16,26H,7-8,11-12H2,1H3,(H3,24,25)/t16-/m0/s1. The summed E-state index contributed by atoms with van der Waals surface area (Å²) in [5.41, 5.74) is 7.69. The molecule has 0 saturated carbocycles. The van der Waals surface area contributed by atoms with Crippen LogP contribution in [0.25, 0.3) is 10.1 Å². The zero-order valence-corrected chi connectivity index (χ0v) is 19.8. The molecule has 0 spiro atoms. The summed E-state index contributed by atoms with van der Waals surface area (Å²) >= 11 is 7.25. The van der Waals surface area contributed by atoms with Crippen LogP contribution in [0.2, 0.25) is 5.02 Å². The van der Waals surface area contributed by atoms with Crippen molar-refractivity contribution in [2.24, 2.45) is 11.7 Å². The lowest BCUT2D eigenvalue weighted by Crippen LogP contribution is -2.34. The van der Waals surface area contributed by atoms with Crippen LogP contribution >= 0.6 is 22.9 Å². The topological polar surface area (TPSA) is 116 Å². The minimum atomic E-state index is -3.75. The number of halogens is 1. The summed E-state index contributed by atoms with van der Waals surface area (Å²) in [6, 6.07) is 12.5. The summed E-state index contributed by atoms with van der Waals surface area (Å²) in [7, 11) is -3.75. The van der Waals surface area contributed by atoms with Crippen molar-refractivity contribution >= 4 is 54.8 Å². The van der Waals surface area contributed by atoms with Crippen LogP contribution in [-0.4, -0.2) is 38.2 Å². The molecule has 4 rings (SSSR count). The molecule has 0 bridgehead atoms. The molecule has 0 radical (unpaired) electrons. The second kappa shape index (κ2) is 8.82. The number of amidine groups is 1. The van der Waals surface area contributed by atoms with E-state index in [1.165, 1.54) is 11.3 Å². The number of hydrogen-bond donors (Lipinski definition) is 3. The summed E-state index contributed by atoms with van der Waals surface area (Å²) < 4.78 is 29.6. The summed E-state index contributed by atoms with van der Waals surface area (Å²) in [6.07, 6.45) is 0.578. The van der Waals surface area contributed by atoms with Gasteiger partial charge in [-0.25, -0.2) is 13.1 Å². The largest absolute Gasteiger partial charge is 0.384 e. The number of benzene rings is 2. The molecule has 1 aromatic heterocycles. The van der Waals surface area contributed by atoms with Crippen LogP contribution in [0, 0.1) is 18.3 Å². The number of aryl methyl sites for hydroxylation is 1. The Morgan fingerprint density at radius 3 is 2.84 bits per heavy atom. The van der Waals surface area contributed by atoms with Gasteiger partial charge in [0.15, 0.2) is 0 Å². The van der Waals surface area contributed by atoms with Gasteiger partial charge in [0.25, 0.3) is 0 Å². The van der Waals surface area contributed by atoms with Gasteiger partial charge in [0.05, 0.1) is 5.92 Å². The summed E-state index contributed by atoms with van der Waals surface area (Å²) in [5.74, 6) is -0.517. The highest BCUT2D eigenvalue weighted by Gasteiger charge is 2.33. The Labute approximate surface area is 195 Å². The molecular weight excluding hydrogens is 468 g/mol. The molecule has 0 unspecified atom stereocenters. The van der Waals surface area contributed by atoms with Gasteiger partial charge in [-0.3, -0.25) is 10.2 Å². The lowest BCUT2D eigenvalue weighted by atomic mass is 10.1. The van der Waals surface area contributed by atoms with Crippen LogP contribution in [0.3, 0.4) is 0 Å². The predicted octanol–water partition coefficient (Wildman–Crippen LogP) is 3.47. The Morgan fingerprint density at radius 1 is 1.31 bits per heavy atom. The van der Waals surface area contributed by atoms with Crippen LogP contribution in [0.15, 0.2) is 46.7 Å². The van der Waals surface area contributed by atoms with Crippen molar-refractivity contribution in [2.75, 3.05) is 13.1 Å². The van der Waals surface area contributed by atoms with Crippen LogP contribution in [-0.2, 0) is 21.4 Å². The molecule has 1 aliphatic rings. The van der Waals surface area contributed by atoms with Crippen molar-refractivity contribution in [3.63, 3.8) is 0 Å². The lowest BCUT2D eigenvalue weighted by molar-refractivity contribution is -0.131. The fourth-order valence-electron chi connectivity index (χ4n) is 3.91. The number of thiophene rings is 1. The van der Waals surface area contributed by atoms with Crippen molar-refractivity contribution in [2.45, 2.75) is 24.1 Å². The molecule has 1 saturated heterocycles. The molecule has 1 atom stereocenters. The first-order valence-corrected chi connectivity index (χ1v) is 12.7. The number of fused-ring (bicyclic) bond motifs is 1. The van der Waals surface area contributed by atoms with Crippen molar-refractivity contribution in [3.05, 3.63) is 64.2 Å². The third-order valence-corrected chi connectivity index (χ3v) is 9.19. The first-order valence-electron chi connectivity index (χ1n) is 10.1. The number of sulfonamides is 1. The molecule has 2 heterocycles. The molecule has 7 nitrogen and oxygen atoms in total. The molecule has 32 heavy (non-hydrogen) atoms. The number of nitrogens with two attached hydrogens (primary N) is 1. The average molecular weight is 491 g/mol. The second-order valence-corrected chi connectivity index (χ2v) is 11.3. The van der Waals surface area contributed by atoms with Gasteiger partial charge in [0.1, 0.15) is 10.0 Å². The van der Waals surface area contributed by atoms with E-state index >= 15 is 0 Å². The number of rotatable bonds is 7. The van der Waals surface area contributed by atoms with Crippen LogP contribution in [0.4, 0.5) is 0 Å². The van der Waals surface area contributed by atoms with E-state index in [0.717, 1.165) is 15.6 Å². The number of carbonyl (C=O) groups is 1. The van der Waals surface area contributed by atoms with E-state index in [1.807, 2.05) is 12.1 Å². The second-order valence-electron chi connectivity index (χ2n) is 7.87. The van der Waals surface area contributed by atoms with Crippen LogP contribution < -0.4 is 10.5 Å². The van der Waals surface area contributed by atoms with E-state index in [4.69, 9.17) is 22.7 Å². The third-order valence-electron chi connectivity index (χ3n) is 5.64. The highest BCUT2D eigenvalue weighted by Crippen LogP contribution is 2.35. The van der Waals surface area contributed by atoms with Gasteiger partial charge in [-0.1, -0.05) is 29.8 Å². The fourth-order valence-corrected chi connectivity index (χ4v) is 6.95. The number of hydrogen-bond acceptors (Lipinski definition) is 5. The van der Waals surface area contributed by atoms with Crippen LogP contribution in [0.1, 0.15) is 23.1 Å². The van der Waals surface area contributed by atoms with Gasteiger partial charge in [0, 0.05) is 34.9 Å². The minimum absolute atomic E-state index is 0.0225. The van der Waals surface area contributed by atoms with Crippen molar-refractivity contribution in [1.82, 2.24) is 9.62 Å². The number of nitrogens with zero attached hydrogens (tertiary/aromatic N) is 1. The quantitative estimate of drug-likeness (QED) is 0.347. The Morgan fingerprint density at radius 2 is 2.09 bits per heavy atom. The third kappa shape index (κ3) is 4.52. The SMILES string of the molecule is Cc1c(S(=O)(=O)NC[C@@H]2CCN(Cc3cccc(C(=N)N)c3)C2=O)sc2ccc(Cl)cc12. The van der Waals surface area contributed by atoms with E-state index in [1.54, 1.807) is 42.2 Å². The van der Waals surface area contributed by atoms with E-state index in [9.17, 15) is 13.2 Å². The van der Waals surface area contributed by atoms with Gasteiger partial charge in [-0.05, 0) is 54.1 Å². The number of nitrogen functional groups attached to an aromatic ring is 1. The zero-order chi connectivity index (χ0) is 23.0. The Balaban J connectivity index is 1.43. The normalized spacial score (nSPS) is 16.8. The minimum Gasteiger partial charge on any atom is -0.384 e. The monoisotopic (exact) mass is 490 g/mol. The maximum absolute atomic E-state index is 13.0. The molecule has 4 N–H and O–H groups in total. The molecule has 1 aliphatic heterocycles. The van der Waals surface area contributed by atoms with Gasteiger partial charge in [0.2, 0.25) is 15.9 Å². The molecule has 10 heteroatoms. The van der Waals surface area contributed by atoms with Gasteiger partial charge in [-0.15, -0.1) is 11.3 Å². The Hall–Kier alpha value is -2.46. The van der Waals surface area contributed by atoms with Gasteiger partial charge < -0.3 is 10.6 Å². The highest BCUT2D eigenvalue weighted by atomic mass is 35.5. The predicted molar refractivity (Wildman–Crippen MR) is 128 cm³/mol. The molecule has 3 aromatic rings. The van der Waals surface area contributed by atoms with E-state index in [0.29, 0.717) is 35.7 Å². The maximum Gasteiger partial charge on any atom is 0.250 e. The summed E-state index contributed by atoms with van der Waals surface area (Å²) in [4.78, 5) is 14.6. The Bertz CT molecular complexity index is 1320. The van der Waals surface area contributed by atoms with E-state index < -0.39 is 15.9 Å². The van der Waals surface area contributed by atoms with Crippen molar-refractivity contribution in [3.8, 4) is 0 Å². The van der Waals surface area contributed by atoms with Crippen molar-refractivity contribution < 1.29 is 13.2 Å². The Kier molecular flexibility index (Phi) is 6.26. The lowest BCUT2D eigenvalue weighted by Gasteiger charge is -2.17. The number of likely N-dealkylation sites (tertiary alicyclic amines) is 1. The van der Waals surface area contributed by atoms with E-state index in [2.05, 4.69) is 4.72 Å².